The number of rotatable bonds is 1. The molecule has 0 saturated heterocycles. The Bertz CT molecular complexity index is 711. The smallest absolute Gasteiger partial charge is 0.877 e. The maximum absolute atomic E-state index is 11.9. The Morgan fingerprint density at radius 2 is 1.58 bits per heavy atom. The van der Waals surface area contributed by atoms with Crippen molar-refractivity contribution in [1.82, 2.24) is 0 Å². The molecule has 1 heterocycles. The molecule has 3 aromatic rings. The maximum atomic E-state index is 11.9. The van der Waals surface area contributed by atoms with E-state index in [1.54, 1.807) is 16.7 Å². The van der Waals surface area contributed by atoms with Gasteiger partial charge in [-0.15, -0.1) is 0 Å². The van der Waals surface area contributed by atoms with Crippen LogP contribution in [-0.4, -0.2) is 0 Å². The van der Waals surface area contributed by atoms with Gasteiger partial charge in [-0.25, -0.2) is 0 Å². The van der Waals surface area contributed by atoms with E-state index in [-0.39, 0.29) is 57.1 Å². The predicted octanol–water partition coefficient (Wildman–Crippen LogP) is -0.488. The van der Waals surface area contributed by atoms with Crippen molar-refractivity contribution in [3.63, 3.8) is 0 Å². The van der Waals surface area contributed by atoms with Crippen LogP contribution in [0.25, 0.3) is 22.2 Å². The summed E-state index contributed by atoms with van der Waals surface area (Å²) in [4.78, 5) is 0. The van der Waals surface area contributed by atoms with Gasteiger partial charge in [0.2, 0.25) is 0 Å². The van der Waals surface area contributed by atoms with Crippen LogP contribution in [0, 0.1) is 7.05 Å². The van der Waals surface area contributed by atoms with E-state index in [1.165, 1.54) is 0 Å². The first-order chi connectivity index (χ1) is 8.77. The molecule has 19 heavy (non-hydrogen) atoms. The predicted molar refractivity (Wildman–Crippen MR) is 69.8 cm³/mol. The minimum atomic E-state index is 0. The fourth-order valence-electron chi connectivity index (χ4n) is 2.20. The number of nitrogens with zero attached hydrogens (tertiary/aromatic N) is 1. The van der Waals surface area contributed by atoms with Crippen molar-refractivity contribution in [2.45, 2.75) is 0 Å². The number of benzene rings is 2. The van der Waals surface area contributed by atoms with Crippen LogP contribution in [0.5, 0.6) is 5.75 Å². The van der Waals surface area contributed by atoms with E-state index >= 15 is 0 Å². The van der Waals surface area contributed by atoms with E-state index in [0.717, 1.165) is 16.6 Å². The Kier molecular flexibility index (Phi) is 4.65. The van der Waals surface area contributed by atoms with Crippen LogP contribution < -0.4 is 61.1 Å². The first-order valence-electron chi connectivity index (χ1n) is 5.78. The molecule has 0 aliphatic carbocycles. The van der Waals surface area contributed by atoms with Crippen LogP contribution in [0.4, 0.5) is 0 Å². The first-order valence-corrected chi connectivity index (χ1v) is 5.78. The normalized spacial score (nSPS) is 10.1. The van der Waals surface area contributed by atoms with Crippen molar-refractivity contribution in [2.24, 2.45) is 0 Å². The molecule has 0 N–H and O–H groups in total. The Labute approximate surface area is 155 Å². The second kappa shape index (κ2) is 6.07. The molecule has 3 rings (SSSR count). The molecule has 0 atom stereocenters. The molecule has 1 aromatic heterocycles. The Hall–Kier alpha value is -0.844. The van der Waals surface area contributed by atoms with E-state index in [2.05, 4.69) is 7.05 Å². The van der Waals surface area contributed by atoms with Gasteiger partial charge in [0.25, 0.3) is 0 Å². The van der Waals surface area contributed by atoms with Gasteiger partial charge in [-0.3, -0.25) is 0 Å². The maximum Gasteiger partial charge on any atom is 1.00 e. The molecule has 0 unspecified atom stereocenters. The number of hydrogen-bond donors (Lipinski definition) is 0. The zero-order chi connectivity index (χ0) is 12.5. The summed E-state index contributed by atoms with van der Waals surface area (Å²) in [6, 6.07) is 19.2. The summed E-state index contributed by atoms with van der Waals surface area (Å²) >= 11 is 0. The molecule has 0 fully saturated rings. The number of aromatic nitrogens is 1. The van der Waals surface area contributed by atoms with Crippen molar-refractivity contribution in [2.75, 3.05) is 0 Å². The molecule has 0 amide bonds. The van der Waals surface area contributed by atoms with Gasteiger partial charge in [-0.1, -0.05) is 60.3 Å². The molecule has 0 radical (unpaired) electrons. The molecule has 0 aliphatic heterocycles. The van der Waals surface area contributed by atoms with Crippen molar-refractivity contribution >= 4 is 10.9 Å². The molecular formula is C16H12KNO. The zero-order valence-corrected chi connectivity index (χ0v) is 14.0. The van der Waals surface area contributed by atoms with Crippen LogP contribution in [-0.2, 0) is 0 Å². The van der Waals surface area contributed by atoms with Crippen molar-refractivity contribution in [3.8, 4) is 17.0 Å². The summed E-state index contributed by atoms with van der Waals surface area (Å²) < 4.78 is 1.72. The minimum absolute atomic E-state index is 0. The van der Waals surface area contributed by atoms with Crippen LogP contribution in [0.3, 0.4) is 0 Å². The van der Waals surface area contributed by atoms with E-state index in [0.29, 0.717) is 5.52 Å². The summed E-state index contributed by atoms with van der Waals surface area (Å²) in [5.41, 5.74) is 2.63. The molecule has 88 valence electrons. The molecule has 3 heteroatoms. The van der Waals surface area contributed by atoms with Gasteiger partial charge in [0.1, 0.15) is 11.2 Å². The summed E-state index contributed by atoms with van der Waals surface area (Å²) in [6.07, 6.45) is 0. The second-order valence-electron chi connectivity index (χ2n) is 4.21. The Balaban J connectivity index is 0.00000133. The summed E-state index contributed by atoms with van der Waals surface area (Å²) in [7, 11) is 4.00. The minimum Gasteiger partial charge on any atom is -0.877 e. The fourth-order valence-corrected chi connectivity index (χ4v) is 2.20. The molecule has 0 aliphatic rings. The number of hydrogen-bond acceptors (Lipinski definition) is 1. The average molecular weight is 273 g/mol. The third kappa shape index (κ3) is 2.71. The molecule has 0 bridgehead atoms. The van der Waals surface area contributed by atoms with E-state index in [1.807, 2.05) is 48.5 Å². The summed E-state index contributed by atoms with van der Waals surface area (Å²) in [5.74, 6) is 0.000260. The SMILES string of the molecule is [CH2-][n+]1c(-c2ccccc2)ccc2cccc([O-])c21.[K+]. The third-order valence-corrected chi connectivity index (χ3v) is 3.08. The van der Waals surface area contributed by atoms with Gasteiger partial charge < -0.3 is 9.67 Å². The van der Waals surface area contributed by atoms with Crippen LogP contribution in [0.2, 0.25) is 0 Å². The topological polar surface area (TPSA) is 26.9 Å². The number of para-hydroxylation sites is 1. The fraction of sp³-hybridized carbons (Fsp3) is 0. The van der Waals surface area contributed by atoms with Crippen LogP contribution >= 0.6 is 0 Å². The van der Waals surface area contributed by atoms with Gasteiger partial charge in [0.05, 0.1) is 0 Å². The van der Waals surface area contributed by atoms with Crippen LogP contribution in [0.1, 0.15) is 0 Å². The third-order valence-electron chi connectivity index (χ3n) is 3.08. The molecular weight excluding hydrogens is 261 g/mol. The average Bonchev–Trinajstić information content (AvgIpc) is 2.40. The van der Waals surface area contributed by atoms with Gasteiger partial charge >= 0.3 is 51.4 Å². The molecule has 0 saturated carbocycles. The first kappa shape index (κ1) is 14.6. The number of fused-ring (bicyclic) bond motifs is 1. The van der Waals surface area contributed by atoms with Gasteiger partial charge in [-0.05, 0) is 17.0 Å². The second-order valence-corrected chi connectivity index (χ2v) is 4.21. The van der Waals surface area contributed by atoms with E-state index < -0.39 is 0 Å². The molecule has 0 spiro atoms. The van der Waals surface area contributed by atoms with E-state index in [9.17, 15) is 5.11 Å². The molecule has 2 nitrogen and oxygen atoms in total. The monoisotopic (exact) mass is 273 g/mol. The molecule has 2 aromatic carbocycles. The quantitative estimate of drug-likeness (QED) is 0.334. The zero-order valence-electron chi connectivity index (χ0n) is 10.8. The summed E-state index contributed by atoms with van der Waals surface area (Å²) in [5, 5.41) is 12.8. The standard InChI is InChI=1S/C16H13NO.K/c1-17-14(12-6-3-2-4-7-12)11-10-13-8-5-9-15(18)16(13)17;/h2-11,18H,1H2;/q;+1/p-1. The van der Waals surface area contributed by atoms with Gasteiger partial charge in [-0.2, -0.15) is 0 Å². The largest absolute Gasteiger partial charge is 1.00 e. The van der Waals surface area contributed by atoms with Crippen LogP contribution in [0.15, 0.2) is 60.7 Å². The van der Waals surface area contributed by atoms with Gasteiger partial charge in [0.15, 0.2) is 0 Å². The number of pyridine rings is 1. The van der Waals surface area contributed by atoms with Crippen molar-refractivity contribution in [1.29, 1.82) is 0 Å². The van der Waals surface area contributed by atoms with Crippen molar-refractivity contribution in [3.05, 3.63) is 67.7 Å². The Morgan fingerprint density at radius 1 is 0.842 bits per heavy atom. The van der Waals surface area contributed by atoms with Crippen molar-refractivity contribution < 1.29 is 61.1 Å². The Morgan fingerprint density at radius 3 is 2.32 bits per heavy atom. The summed E-state index contributed by atoms with van der Waals surface area (Å²) in [6.45, 7) is 0. The van der Waals surface area contributed by atoms with E-state index in [4.69, 9.17) is 0 Å². The van der Waals surface area contributed by atoms with Gasteiger partial charge in [0, 0.05) is 7.05 Å².